The molecular weight excluding hydrogens is 254 g/mol. The van der Waals surface area contributed by atoms with Gasteiger partial charge in [0.15, 0.2) is 5.78 Å². The molecule has 0 spiro atoms. The molecule has 0 fully saturated rings. The molecule has 0 aliphatic rings. The van der Waals surface area contributed by atoms with Crippen molar-refractivity contribution in [1.82, 2.24) is 5.32 Å². The number of carboxylic acid groups (broad SMARTS) is 1. The van der Waals surface area contributed by atoms with Crippen molar-refractivity contribution in [3.8, 4) is 0 Å². The van der Waals surface area contributed by atoms with Crippen LogP contribution in [0.4, 0.5) is 0 Å². The molecule has 2 aromatic rings. The maximum Gasteiger partial charge on any atom is 0.176 e. The molecule has 2 rings (SSSR count). The molecule has 2 aromatic carbocycles. The third kappa shape index (κ3) is 3.52. The third-order valence-corrected chi connectivity index (χ3v) is 2.93. The zero-order valence-electron chi connectivity index (χ0n) is 10.8. The van der Waals surface area contributed by atoms with Crippen molar-refractivity contribution in [3.63, 3.8) is 0 Å². The van der Waals surface area contributed by atoms with Crippen molar-refractivity contribution in [1.29, 1.82) is 0 Å². The summed E-state index contributed by atoms with van der Waals surface area (Å²) in [4.78, 5) is 23.1. The molecule has 1 atom stereocenters. The fraction of sp³-hybridized carbons (Fsp3) is 0.125. The minimum atomic E-state index is -1.25. The summed E-state index contributed by atoms with van der Waals surface area (Å²) in [5.41, 5.74) is 1.11. The average molecular weight is 268 g/mol. The number of carbonyl (C=O) groups is 2. The number of carboxylic acids is 1. The van der Waals surface area contributed by atoms with E-state index in [1.165, 1.54) is 0 Å². The first-order valence-corrected chi connectivity index (χ1v) is 6.26. The van der Waals surface area contributed by atoms with Gasteiger partial charge in [0.1, 0.15) is 0 Å². The van der Waals surface area contributed by atoms with Crippen LogP contribution in [0.15, 0.2) is 60.7 Å². The van der Waals surface area contributed by atoms with E-state index in [1.807, 2.05) is 6.07 Å². The van der Waals surface area contributed by atoms with Crippen LogP contribution in [0.25, 0.3) is 0 Å². The predicted octanol–water partition coefficient (Wildman–Crippen LogP) is 0.950. The van der Waals surface area contributed by atoms with Crippen LogP contribution in [0, 0.1) is 0 Å². The first-order chi connectivity index (χ1) is 9.68. The van der Waals surface area contributed by atoms with E-state index in [2.05, 4.69) is 5.32 Å². The minimum Gasteiger partial charge on any atom is -0.548 e. The highest BCUT2D eigenvalue weighted by Gasteiger charge is 2.14. The van der Waals surface area contributed by atoms with E-state index in [0.717, 1.165) is 0 Å². The molecule has 0 aliphatic heterocycles. The van der Waals surface area contributed by atoms with Crippen molar-refractivity contribution in [3.05, 3.63) is 71.8 Å². The van der Waals surface area contributed by atoms with Crippen molar-refractivity contribution >= 4 is 11.8 Å². The Morgan fingerprint density at radius 2 is 1.50 bits per heavy atom. The van der Waals surface area contributed by atoms with Gasteiger partial charge in [0.25, 0.3) is 0 Å². The fourth-order valence-corrected chi connectivity index (χ4v) is 1.90. The Balaban J connectivity index is 2.04. The summed E-state index contributed by atoms with van der Waals surface area (Å²) in [6.07, 6.45) is 0. The molecule has 0 saturated carbocycles. The largest absolute Gasteiger partial charge is 0.548 e. The zero-order valence-corrected chi connectivity index (χ0v) is 10.8. The van der Waals surface area contributed by atoms with E-state index in [9.17, 15) is 14.7 Å². The molecule has 102 valence electrons. The molecule has 4 nitrogen and oxygen atoms in total. The SMILES string of the molecule is O=C(CNC(C(=O)[O-])c1ccccc1)c1ccccc1. The van der Waals surface area contributed by atoms with Crippen LogP contribution in [0.2, 0.25) is 0 Å². The first kappa shape index (κ1) is 14.0. The number of aliphatic carboxylic acids is 1. The van der Waals surface area contributed by atoms with Crippen LogP contribution in [-0.2, 0) is 4.79 Å². The second kappa shape index (κ2) is 6.63. The maximum atomic E-state index is 11.9. The number of nitrogens with one attached hydrogen (secondary N) is 1. The summed E-state index contributed by atoms with van der Waals surface area (Å²) in [6.45, 7) is -0.0580. The van der Waals surface area contributed by atoms with Crippen molar-refractivity contribution in [2.24, 2.45) is 0 Å². The lowest BCUT2D eigenvalue weighted by molar-refractivity contribution is -0.308. The lowest BCUT2D eigenvalue weighted by atomic mass is 10.1. The van der Waals surface area contributed by atoms with Crippen molar-refractivity contribution in [2.45, 2.75) is 6.04 Å². The molecule has 0 aromatic heterocycles. The van der Waals surface area contributed by atoms with Gasteiger partial charge in [0, 0.05) is 5.56 Å². The third-order valence-electron chi connectivity index (χ3n) is 2.93. The summed E-state index contributed by atoms with van der Waals surface area (Å²) in [6, 6.07) is 16.4. The Morgan fingerprint density at radius 1 is 0.950 bits per heavy atom. The van der Waals surface area contributed by atoms with Gasteiger partial charge in [-0.2, -0.15) is 0 Å². The van der Waals surface area contributed by atoms with Crippen LogP contribution in [-0.4, -0.2) is 18.3 Å². The molecular formula is C16H14NO3-. The number of carbonyl (C=O) groups excluding carboxylic acids is 2. The lowest BCUT2D eigenvalue weighted by Gasteiger charge is -2.19. The average Bonchev–Trinajstić information content (AvgIpc) is 2.49. The van der Waals surface area contributed by atoms with Gasteiger partial charge >= 0.3 is 0 Å². The van der Waals surface area contributed by atoms with Crippen LogP contribution in [0.3, 0.4) is 0 Å². The van der Waals surface area contributed by atoms with E-state index in [1.54, 1.807) is 54.6 Å². The molecule has 0 amide bonds. The Labute approximate surface area is 117 Å². The summed E-state index contributed by atoms with van der Waals surface area (Å²) in [5.74, 6) is -1.41. The van der Waals surface area contributed by atoms with Gasteiger partial charge in [-0.1, -0.05) is 60.7 Å². The Bertz CT molecular complexity index is 581. The molecule has 1 unspecified atom stereocenters. The van der Waals surface area contributed by atoms with Gasteiger partial charge in [0.2, 0.25) is 0 Å². The second-order valence-electron chi connectivity index (χ2n) is 4.33. The molecule has 0 bridgehead atoms. The highest BCUT2D eigenvalue weighted by atomic mass is 16.4. The smallest absolute Gasteiger partial charge is 0.176 e. The quantitative estimate of drug-likeness (QED) is 0.792. The topological polar surface area (TPSA) is 69.2 Å². The minimum absolute atomic E-state index is 0.0580. The highest BCUT2D eigenvalue weighted by molar-refractivity contribution is 5.97. The van der Waals surface area contributed by atoms with E-state index in [0.29, 0.717) is 11.1 Å². The van der Waals surface area contributed by atoms with E-state index >= 15 is 0 Å². The monoisotopic (exact) mass is 268 g/mol. The van der Waals surface area contributed by atoms with E-state index in [-0.39, 0.29) is 12.3 Å². The molecule has 20 heavy (non-hydrogen) atoms. The number of Topliss-reactive ketones (excluding diaryl/α,β-unsaturated/α-hetero) is 1. The maximum absolute atomic E-state index is 11.9. The zero-order chi connectivity index (χ0) is 14.4. The van der Waals surface area contributed by atoms with E-state index in [4.69, 9.17) is 0 Å². The van der Waals surface area contributed by atoms with Gasteiger partial charge in [0.05, 0.1) is 18.6 Å². The van der Waals surface area contributed by atoms with Crippen molar-refractivity contribution < 1.29 is 14.7 Å². The predicted molar refractivity (Wildman–Crippen MR) is 73.0 cm³/mol. The summed E-state index contributed by atoms with van der Waals surface area (Å²) < 4.78 is 0. The van der Waals surface area contributed by atoms with Gasteiger partial charge < -0.3 is 9.90 Å². The van der Waals surface area contributed by atoms with Crippen molar-refractivity contribution in [2.75, 3.05) is 6.54 Å². The highest BCUT2D eigenvalue weighted by Crippen LogP contribution is 2.11. The van der Waals surface area contributed by atoms with Crippen LogP contribution in [0.1, 0.15) is 22.0 Å². The molecule has 0 heterocycles. The van der Waals surface area contributed by atoms with Gasteiger partial charge in [-0.25, -0.2) is 0 Å². The molecule has 0 saturated heterocycles. The van der Waals surface area contributed by atoms with Gasteiger partial charge in [-0.05, 0) is 5.56 Å². The lowest BCUT2D eigenvalue weighted by Crippen LogP contribution is -2.40. The van der Waals surface area contributed by atoms with Crippen LogP contribution < -0.4 is 10.4 Å². The number of hydrogen-bond acceptors (Lipinski definition) is 4. The summed E-state index contributed by atoms with van der Waals surface area (Å²) in [5, 5.41) is 13.9. The van der Waals surface area contributed by atoms with Crippen LogP contribution >= 0.6 is 0 Å². The molecule has 0 aliphatic carbocycles. The normalized spacial score (nSPS) is 11.8. The van der Waals surface area contributed by atoms with E-state index < -0.39 is 12.0 Å². The standard InChI is InChI=1S/C16H15NO3/c18-14(12-7-3-1-4-8-12)11-17-15(16(19)20)13-9-5-2-6-10-13/h1-10,15,17H,11H2,(H,19,20)/p-1. The number of hydrogen-bond donors (Lipinski definition) is 1. The Morgan fingerprint density at radius 3 is 2.05 bits per heavy atom. The Kier molecular flexibility index (Phi) is 4.63. The number of ketones is 1. The van der Waals surface area contributed by atoms with Gasteiger partial charge in [-0.3, -0.25) is 10.1 Å². The van der Waals surface area contributed by atoms with Gasteiger partial charge in [-0.15, -0.1) is 0 Å². The van der Waals surface area contributed by atoms with Crippen LogP contribution in [0.5, 0.6) is 0 Å². The molecule has 4 heteroatoms. The summed E-state index contributed by atoms with van der Waals surface area (Å²) >= 11 is 0. The number of benzene rings is 2. The summed E-state index contributed by atoms with van der Waals surface area (Å²) in [7, 11) is 0. The number of rotatable bonds is 6. The fourth-order valence-electron chi connectivity index (χ4n) is 1.90. The first-order valence-electron chi connectivity index (χ1n) is 6.26. The second-order valence-corrected chi connectivity index (χ2v) is 4.33. The molecule has 1 N–H and O–H groups in total. The Hall–Kier alpha value is -2.46. The molecule has 0 radical (unpaired) electrons.